The first kappa shape index (κ1) is 15.5. The Hall–Kier alpha value is 0.140. The predicted molar refractivity (Wildman–Crippen MR) is 89.4 cm³/mol. The highest BCUT2D eigenvalue weighted by Crippen LogP contribution is 2.38. The molecule has 0 N–H and O–H groups in total. The fourth-order valence-electron chi connectivity index (χ4n) is 3.20. The normalized spacial score (nSPS) is 20.6. The van der Waals surface area contributed by atoms with Crippen LogP contribution < -0.4 is 0 Å². The van der Waals surface area contributed by atoms with Crippen molar-refractivity contribution in [1.82, 2.24) is 4.90 Å². The number of rotatable bonds is 6. The van der Waals surface area contributed by atoms with Crippen molar-refractivity contribution < 1.29 is 0 Å². The van der Waals surface area contributed by atoms with Gasteiger partial charge in [-0.15, -0.1) is 11.3 Å². The Morgan fingerprint density at radius 1 is 1.37 bits per heavy atom. The quantitative estimate of drug-likeness (QED) is 0.660. The van der Waals surface area contributed by atoms with Crippen molar-refractivity contribution in [1.29, 1.82) is 0 Å². The first-order chi connectivity index (χ1) is 9.15. The molecule has 1 nitrogen and oxygen atoms in total. The van der Waals surface area contributed by atoms with Crippen LogP contribution >= 0.6 is 27.3 Å². The summed E-state index contributed by atoms with van der Waals surface area (Å²) in [6.45, 7) is 3.61. The minimum atomic E-state index is 0.525. The molecule has 1 aromatic heterocycles. The molecule has 0 saturated heterocycles. The zero-order chi connectivity index (χ0) is 13.7. The molecule has 0 bridgehead atoms. The molecular weight excluding hydrogens is 318 g/mol. The number of hydrogen-bond acceptors (Lipinski definition) is 2. The van der Waals surface area contributed by atoms with Crippen LogP contribution in [-0.2, 0) is 6.42 Å². The summed E-state index contributed by atoms with van der Waals surface area (Å²) in [4.78, 5) is 4.09. The topological polar surface area (TPSA) is 3.24 Å². The highest BCUT2D eigenvalue weighted by molar-refractivity contribution is 9.09. The van der Waals surface area contributed by atoms with Crippen LogP contribution in [0.5, 0.6) is 0 Å². The zero-order valence-electron chi connectivity index (χ0n) is 12.2. The summed E-state index contributed by atoms with van der Waals surface area (Å²) in [7, 11) is 2.30. The molecule has 1 aliphatic rings. The number of alkyl halides is 1. The van der Waals surface area contributed by atoms with Crippen LogP contribution in [-0.4, -0.2) is 29.9 Å². The number of halogens is 1. The molecule has 1 atom stereocenters. The lowest BCUT2D eigenvalue weighted by Gasteiger charge is -2.40. The van der Waals surface area contributed by atoms with Crippen LogP contribution in [0.3, 0.4) is 0 Å². The molecule has 1 fully saturated rings. The van der Waals surface area contributed by atoms with E-state index in [4.69, 9.17) is 0 Å². The third-order valence-electron chi connectivity index (χ3n) is 4.61. The van der Waals surface area contributed by atoms with E-state index in [0.29, 0.717) is 11.5 Å². The van der Waals surface area contributed by atoms with E-state index >= 15 is 0 Å². The van der Waals surface area contributed by atoms with Gasteiger partial charge in [-0.1, -0.05) is 41.3 Å². The van der Waals surface area contributed by atoms with Crippen LogP contribution in [0.4, 0.5) is 0 Å². The Kier molecular flexibility index (Phi) is 5.91. The first-order valence-electron chi connectivity index (χ1n) is 7.44. The van der Waals surface area contributed by atoms with Crippen molar-refractivity contribution in [3.63, 3.8) is 0 Å². The summed E-state index contributed by atoms with van der Waals surface area (Å²) < 4.78 is 0. The molecule has 0 aromatic carbocycles. The molecular formula is C16H26BrNS. The minimum absolute atomic E-state index is 0.525. The maximum Gasteiger partial charge on any atom is 0.0112 e. The maximum atomic E-state index is 3.78. The lowest BCUT2D eigenvalue weighted by Crippen LogP contribution is -2.42. The van der Waals surface area contributed by atoms with E-state index in [-0.39, 0.29) is 0 Å². The molecule has 108 valence electrons. The molecule has 19 heavy (non-hydrogen) atoms. The molecule has 1 aromatic rings. The third-order valence-corrected chi connectivity index (χ3v) is 6.70. The van der Waals surface area contributed by atoms with Gasteiger partial charge in [0.15, 0.2) is 0 Å². The fourth-order valence-corrected chi connectivity index (χ4v) is 4.76. The van der Waals surface area contributed by atoms with Crippen molar-refractivity contribution >= 4 is 27.3 Å². The van der Waals surface area contributed by atoms with E-state index in [1.807, 2.05) is 11.3 Å². The zero-order valence-corrected chi connectivity index (χ0v) is 14.6. The Balaban J connectivity index is 1.89. The summed E-state index contributed by atoms with van der Waals surface area (Å²) in [5, 5.41) is 3.35. The summed E-state index contributed by atoms with van der Waals surface area (Å²) in [5.41, 5.74) is 0.525. The Morgan fingerprint density at radius 2 is 2.11 bits per heavy atom. The molecule has 1 saturated carbocycles. The van der Waals surface area contributed by atoms with Crippen molar-refractivity contribution in [2.24, 2.45) is 5.41 Å². The summed E-state index contributed by atoms with van der Waals surface area (Å²) >= 11 is 5.67. The monoisotopic (exact) mass is 343 g/mol. The van der Waals surface area contributed by atoms with E-state index in [9.17, 15) is 0 Å². The number of likely N-dealkylation sites (N-methyl/N-ethyl adjacent to an activating group) is 1. The fraction of sp³-hybridized carbons (Fsp3) is 0.750. The number of nitrogens with zero attached hydrogens (tertiary/aromatic N) is 1. The Bertz CT molecular complexity index is 357. The van der Waals surface area contributed by atoms with Gasteiger partial charge in [-0.05, 0) is 50.1 Å². The van der Waals surface area contributed by atoms with Crippen molar-refractivity contribution in [3.05, 3.63) is 22.4 Å². The second kappa shape index (κ2) is 7.24. The molecule has 3 heteroatoms. The van der Waals surface area contributed by atoms with Crippen LogP contribution in [0.1, 0.15) is 43.9 Å². The molecule has 2 rings (SSSR count). The van der Waals surface area contributed by atoms with Crippen molar-refractivity contribution in [2.75, 3.05) is 18.9 Å². The van der Waals surface area contributed by atoms with Crippen LogP contribution in [0.2, 0.25) is 0 Å². The Morgan fingerprint density at radius 3 is 2.68 bits per heavy atom. The maximum absolute atomic E-state index is 3.78. The molecule has 0 amide bonds. The van der Waals surface area contributed by atoms with Crippen LogP contribution in [0, 0.1) is 5.41 Å². The van der Waals surface area contributed by atoms with E-state index in [1.165, 1.54) is 49.9 Å². The first-order valence-corrected chi connectivity index (χ1v) is 9.44. The summed E-state index contributed by atoms with van der Waals surface area (Å²) in [5.74, 6) is 0. The highest BCUT2D eigenvalue weighted by atomic mass is 79.9. The van der Waals surface area contributed by atoms with Crippen molar-refractivity contribution in [3.8, 4) is 0 Å². The molecule has 1 unspecified atom stereocenters. The van der Waals surface area contributed by atoms with Gasteiger partial charge >= 0.3 is 0 Å². The number of hydrogen-bond donors (Lipinski definition) is 0. The average molecular weight is 344 g/mol. The molecule has 1 heterocycles. The van der Waals surface area contributed by atoms with Gasteiger partial charge in [0.2, 0.25) is 0 Å². The van der Waals surface area contributed by atoms with Gasteiger partial charge in [0.1, 0.15) is 0 Å². The van der Waals surface area contributed by atoms with Crippen LogP contribution in [0.25, 0.3) is 0 Å². The van der Waals surface area contributed by atoms with E-state index in [0.717, 1.165) is 5.33 Å². The minimum Gasteiger partial charge on any atom is -0.303 e. The lowest BCUT2D eigenvalue weighted by molar-refractivity contribution is 0.120. The largest absolute Gasteiger partial charge is 0.303 e. The molecule has 1 aliphatic carbocycles. The van der Waals surface area contributed by atoms with Gasteiger partial charge in [0.05, 0.1) is 0 Å². The number of thiophene rings is 1. The second-order valence-corrected chi connectivity index (χ2v) is 7.83. The summed E-state index contributed by atoms with van der Waals surface area (Å²) in [6, 6.07) is 5.06. The molecule has 0 aliphatic heterocycles. The summed E-state index contributed by atoms with van der Waals surface area (Å²) in [6.07, 6.45) is 8.25. The van der Waals surface area contributed by atoms with Crippen molar-refractivity contribution in [2.45, 2.75) is 51.5 Å². The smallest absolute Gasteiger partial charge is 0.0112 e. The van der Waals surface area contributed by atoms with Gasteiger partial charge in [-0.25, -0.2) is 0 Å². The van der Waals surface area contributed by atoms with Gasteiger partial charge in [-0.2, -0.15) is 0 Å². The third kappa shape index (κ3) is 4.30. The Labute approximate surface area is 130 Å². The molecule has 0 spiro atoms. The van der Waals surface area contributed by atoms with E-state index in [1.54, 1.807) is 0 Å². The second-order valence-electron chi connectivity index (χ2n) is 6.24. The van der Waals surface area contributed by atoms with Gasteiger partial charge in [0.25, 0.3) is 0 Å². The lowest BCUT2D eigenvalue weighted by atomic mass is 9.75. The van der Waals surface area contributed by atoms with E-state index < -0.39 is 0 Å². The standard InChI is InChI=1S/C16H26BrNS/c1-14(11-15-7-6-10-19-15)18(2)13-16(12-17)8-4-3-5-9-16/h6-7,10,14H,3-5,8-9,11-13H2,1-2H3. The van der Waals surface area contributed by atoms with E-state index in [2.05, 4.69) is 52.3 Å². The van der Waals surface area contributed by atoms with Gasteiger partial charge < -0.3 is 4.90 Å². The molecule has 0 radical (unpaired) electrons. The predicted octanol–water partition coefficient (Wildman–Crippen LogP) is 4.96. The SMILES string of the molecule is CC(Cc1cccs1)N(C)CC1(CBr)CCCCC1. The highest BCUT2D eigenvalue weighted by Gasteiger charge is 2.33. The van der Waals surface area contributed by atoms with Gasteiger partial charge in [0, 0.05) is 22.8 Å². The average Bonchev–Trinajstić information content (AvgIpc) is 2.92. The van der Waals surface area contributed by atoms with Crippen LogP contribution in [0.15, 0.2) is 17.5 Å². The van der Waals surface area contributed by atoms with Gasteiger partial charge in [-0.3, -0.25) is 0 Å².